The number of rotatable bonds is 3. The van der Waals surface area contributed by atoms with Gasteiger partial charge in [0.05, 0.1) is 12.2 Å². The zero-order valence-electron chi connectivity index (χ0n) is 13.9. The van der Waals surface area contributed by atoms with Crippen LogP contribution >= 0.6 is 0 Å². The summed E-state index contributed by atoms with van der Waals surface area (Å²) in [5.41, 5.74) is 2.38. The van der Waals surface area contributed by atoms with Crippen LogP contribution in [-0.4, -0.2) is 21.4 Å². The number of hydrogen-bond donors (Lipinski definition) is 1. The van der Waals surface area contributed by atoms with Gasteiger partial charge in [0.2, 0.25) is 0 Å². The molecule has 7 heteroatoms. The molecule has 0 radical (unpaired) electrons. The Bertz CT molecular complexity index is 951. The van der Waals surface area contributed by atoms with E-state index < -0.39 is 11.6 Å². The van der Waals surface area contributed by atoms with Gasteiger partial charge >= 0.3 is 0 Å². The minimum absolute atomic E-state index is 0.250. The Labute approximate surface area is 148 Å². The van der Waals surface area contributed by atoms with E-state index in [9.17, 15) is 13.6 Å². The fraction of sp³-hybridized carbons (Fsp3) is 0.105. The molecule has 0 atom stereocenters. The average Bonchev–Trinajstić information content (AvgIpc) is 2.57. The van der Waals surface area contributed by atoms with E-state index in [-0.39, 0.29) is 12.0 Å². The van der Waals surface area contributed by atoms with Gasteiger partial charge in [-0.25, -0.2) is 13.5 Å². The second kappa shape index (κ2) is 8.66. The SMILES string of the molecule is Cc1cccc(Cn2nc(-c3cc(F)cc(F)c3)ccc2=O)c1.O=CO. The molecule has 0 amide bonds. The molecule has 1 N–H and O–H groups in total. The molecular formula is C19H16F2N2O3. The Kier molecular flexibility index (Phi) is 6.32. The van der Waals surface area contributed by atoms with Crippen LogP contribution in [0.15, 0.2) is 59.4 Å². The lowest BCUT2D eigenvalue weighted by atomic mass is 10.1. The number of hydrogen-bond acceptors (Lipinski definition) is 3. The first-order chi connectivity index (χ1) is 12.4. The summed E-state index contributed by atoms with van der Waals surface area (Å²) in [5.74, 6) is -1.36. The van der Waals surface area contributed by atoms with E-state index in [4.69, 9.17) is 9.90 Å². The predicted octanol–water partition coefficient (Wildman–Crippen LogP) is 3.25. The molecule has 1 aromatic heterocycles. The van der Waals surface area contributed by atoms with Crippen LogP contribution < -0.4 is 5.56 Å². The Morgan fingerprint density at radius 3 is 2.35 bits per heavy atom. The zero-order chi connectivity index (χ0) is 19.1. The second-order valence-corrected chi connectivity index (χ2v) is 5.47. The zero-order valence-corrected chi connectivity index (χ0v) is 13.9. The van der Waals surface area contributed by atoms with Crippen LogP contribution in [0.3, 0.4) is 0 Å². The van der Waals surface area contributed by atoms with E-state index in [2.05, 4.69) is 5.10 Å². The number of benzene rings is 2. The molecule has 0 saturated carbocycles. The molecule has 0 aliphatic carbocycles. The Morgan fingerprint density at radius 2 is 1.73 bits per heavy atom. The maximum atomic E-state index is 13.3. The van der Waals surface area contributed by atoms with Crippen molar-refractivity contribution in [3.05, 3.63) is 87.7 Å². The Morgan fingerprint density at radius 1 is 1.08 bits per heavy atom. The number of carbonyl (C=O) groups is 1. The molecule has 0 aliphatic heterocycles. The summed E-state index contributed by atoms with van der Waals surface area (Å²) < 4.78 is 28.0. The summed E-state index contributed by atoms with van der Waals surface area (Å²) in [6.07, 6.45) is 0. The first kappa shape index (κ1) is 19.0. The number of aromatic nitrogens is 2. The van der Waals surface area contributed by atoms with Gasteiger partial charge in [0, 0.05) is 17.7 Å². The Hall–Kier alpha value is -3.35. The van der Waals surface area contributed by atoms with Gasteiger partial charge in [-0.3, -0.25) is 9.59 Å². The number of carboxylic acid groups (broad SMARTS) is 1. The number of nitrogens with zero attached hydrogens (tertiary/aromatic N) is 2. The quantitative estimate of drug-likeness (QED) is 0.730. The summed E-state index contributed by atoms with van der Waals surface area (Å²) >= 11 is 0. The van der Waals surface area contributed by atoms with Gasteiger partial charge in [-0.15, -0.1) is 0 Å². The van der Waals surface area contributed by atoms with Crippen molar-refractivity contribution in [3.63, 3.8) is 0 Å². The third kappa shape index (κ3) is 5.07. The minimum Gasteiger partial charge on any atom is -0.483 e. The predicted molar refractivity (Wildman–Crippen MR) is 92.8 cm³/mol. The summed E-state index contributed by atoms with van der Waals surface area (Å²) in [6.45, 7) is 2.01. The maximum Gasteiger partial charge on any atom is 0.290 e. The molecule has 0 saturated heterocycles. The van der Waals surface area contributed by atoms with Gasteiger partial charge in [0.25, 0.3) is 12.0 Å². The van der Waals surface area contributed by atoms with Gasteiger partial charge in [-0.2, -0.15) is 5.10 Å². The average molecular weight is 358 g/mol. The third-order valence-corrected chi connectivity index (χ3v) is 3.44. The normalized spacial score (nSPS) is 9.96. The van der Waals surface area contributed by atoms with Gasteiger partial charge in [-0.1, -0.05) is 29.8 Å². The van der Waals surface area contributed by atoms with Crippen molar-refractivity contribution in [1.82, 2.24) is 9.78 Å². The monoisotopic (exact) mass is 358 g/mol. The van der Waals surface area contributed by atoms with Crippen molar-refractivity contribution in [2.45, 2.75) is 13.5 Å². The van der Waals surface area contributed by atoms with Crippen LogP contribution in [0.4, 0.5) is 8.78 Å². The molecule has 0 fully saturated rings. The maximum absolute atomic E-state index is 13.3. The highest BCUT2D eigenvalue weighted by Crippen LogP contribution is 2.18. The molecule has 3 rings (SSSR count). The van der Waals surface area contributed by atoms with Gasteiger partial charge in [-0.05, 0) is 30.7 Å². The smallest absolute Gasteiger partial charge is 0.290 e. The molecule has 134 valence electrons. The van der Waals surface area contributed by atoms with Crippen LogP contribution in [0, 0.1) is 18.6 Å². The molecule has 3 aromatic rings. The third-order valence-electron chi connectivity index (χ3n) is 3.44. The van der Waals surface area contributed by atoms with E-state index in [1.807, 2.05) is 31.2 Å². The largest absolute Gasteiger partial charge is 0.483 e. The van der Waals surface area contributed by atoms with Crippen molar-refractivity contribution in [2.75, 3.05) is 0 Å². The molecule has 0 spiro atoms. The van der Waals surface area contributed by atoms with Gasteiger partial charge in [0.15, 0.2) is 0 Å². The van der Waals surface area contributed by atoms with E-state index >= 15 is 0 Å². The summed E-state index contributed by atoms with van der Waals surface area (Å²) in [4.78, 5) is 20.3. The Balaban J connectivity index is 0.000000758. The first-order valence-corrected chi connectivity index (χ1v) is 7.61. The molecule has 5 nitrogen and oxygen atoms in total. The summed E-state index contributed by atoms with van der Waals surface area (Å²) in [6, 6.07) is 13.7. The summed E-state index contributed by atoms with van der Waals surface area (Å²) in [7, 11) is 0. The van der Waals surface area contributed by atoms with Crippen LogP contribution in [0.25, 0.3) is 11.3 Å². The molecule has 26 heavy (non-hydrogen) atoms. The highest BCUT2D eigenvalue weighted by molar-refractivity contribution is 5.58. The van der Waals surface area contributed by atoms with E-state index in [0.29, 0.717) is 17.8 Å². The molecule has 0 unspecified atom stereocenters. The van der Waals surface area contributed by atoms with Crippen LogP contribution in [0.2, 0.25) is 0 Å². The van der Waals surface area contributed by atoms with Crippen molar-refractivity contribution in [1.29, 1.82) is 0 Å². The number of halogens is 2. The highest BCUT2D eigenvalue weighted by atomic mass is 19.1. The van der Waals surface area contributed by atoms with Gasteiger partial charge in [0.1, 0.15) is 11.6 Å². The van der Waals surface area contributed by atoms with Crippen molar-refractivity contribution in [3.8, 4) is 11.3 Å². The van der Waals surface area contributed by atoms with Crippen LogP contribution in [0.1, 0.15) is 11.1 Å². The topological polar surface area (TPSA) is 72.2 Å². The van der Waals surface area contributed by atoms with Crippen LogP contribution in [-0.2, 0) is 11.3 Å². The fourth-order valence-electron chi connectivity index (χ4n) is 2.40. The van der Waals surface area contributed by atoms with Crippen molar-refractivity contribution >= 4 is 6.47 Å². The van der Waals surface area contributed by atoms with Crippen LogP contribution in [0.5, 0.6) is 0 Å². The molecule has 0 bridgehead atoms. The standard InChI is InChI=1S/C18H14F2N2O.CH2O2/c1-12-3-2-4-13(7-12)11-22-18(23)6-5-17(21-22)14-8-15(19)10-16(20)9-14;2-1-3/h2-10H,11H2,1H3;1H,(H,2,3). The van der Waals surface area contributed by atoms with Crippen molar-refractivity contribution in [2.24, 2.45) is 0 Å². The lowest BCUT2D eigenvalue weighted by Gasteiger charge is -2.08. The van der Waals surface area contributed by atoms with Crippen molar-refractivity contribution < 1.29 is 18.7 Å². The van der Waals surface area contributed by atoms with E-state index in [1.165, 1.54) is 28.9 Å². The molecule has 2 aromatic carbocycles. The number of aryl methyl sites for hydroxylation is 1. The fourth-order valence-corrected chi connectivity index (χ4v) is 2.40. The second-order valence-electron chi connectivity index (χ2n) is 5.47. The highest BCUT2D eigenvalue weighted by Gasteiger charge is 2.07. The van der Waals surface area contributed by atoms with E-state index in [1.54, 1.807) is 0 Å². The van der Waals surface area contributed by atoms with Gasteiger partial charge < -0.3 is 5.11 Å². The molecular weight excluding hydrogens is 342 g/mol. The van der Waals surface area contributed by atoms with E-state index in [0.717, 1.165) is 17.2 Å². The molecule has 0 aliphatic rings. The minimum atomic E-state index is -0.682. The molecule has 1 heterocycles. The first-order valence-electron chi connectivity index (χ1n) is 7.61. The summed E-state index contributed by atoms with van der Waals surface area (Å²) in [5, 5.41) is 11.1. The lowest BCUT2D eigenvalue weighted by Crippen LogP contribution is -2.22. The lowest BCUT2D eigenvalue weighted by molar-refractivity contribution is -0.122.